The third-order valence-electron chi connectivity index (χ3n) is 3.99. The second kappa shape index (κ2) is 4.16. The summed E-state index contributed by atoms with van der Waals surface area (Å²) in [6.45, 7) is 8.60. The summed E-state index contributed by atoms with van der Waals surface area (Å²) in [7, 11) is 0. The normalized spacial score (nSPS) is 36.4. The zero-order valence-electron chi connectivity index (χ0n) is 11.1. The van der Waals surface area contributed by atoms with Gasteiger partial charge < -0.3 is 14.7 Å². The van der Waals surface area contributed by atoms with Crippen LogP contribution in [0.3, 0.4) is 0 Å². The van der Waals surface area contributed by atoms with Crippen LogP contribution in [0.1, 0.15) is 34.1 Å². The predicted octanol–water partition coefficient (Wildman–Crippen LogP) is 1.87. The van der Waals surface area contributed by atoms with Gasteiger partial charge in [0.25, 0.3) is 0 Å². The summed E-state index contributed by atoms with van der Waals surface area (Å²) in [4.78, 5) is 13.8. The number of hydrogen-bond donors (Lipinski definition) is 1. The molecule has 0 spiro atoms. The summed E-state index contributed by atoms with van der Waals surface area (Å²) in [6, 6.07) is -0.0592. The molecule has 2 rings (SSSR count). The van der Waals surface area contributed by atoms with Gasteiger partial charge in [0.15, 0.2) is 0 Å². The fourth-order valence-electron chi connectivity index (χ4n) is 2.86. The molecular formula is C13H23NO3. The lowest BCUT2D eigenvalue weighted by Gasteiger charge is -2.35. The number of amides is 1. The highest BCUT2D eigenvalue weighted by Crippen LogP contribution is 2.52. The molecule has 1 aliphatic carbocycles. The van der Waals surface area contributed by atoms with Gasteiger partial charge in [-0.3, -0.25) is 0 Å². The number of aliphatic hydroxyl groups is 1. The van der Waals surface area contributed by atoms with Crippen LogP contribution < -0.4 is 0 Å². The molecule has 1 amide bonds. The lowest BCUT2D eigenvalue weighted by Crippen LogP contribution is -2.48. The molecule has 0 aromatic carbocycles. The molecule has 17 heavy (non-hydrogen) atoms. The lowest BCUT2D eigenvalue weighted by atomic mass is 10.0. The molecule has 1 saturated heterocycles. The molecule has 2 fully saturated rings. The van der Waals surface area contributed by atoms with Crippen LogP contribution in [-0.2, 0) is 4.74 Å². The van der Waals surface area contributed by atoms with Crippen LogP contribution in [0, 0.1) is 17.8 Å². The molecule has 0 radical (unpaired) electrons. The molecule has 1 heterocycles. The van der Waals surface area contributed by atoms with E-state index in [4.69, 9.17) is 4.74 Å². The SMILES string of the molecule is CC1C2CC(CO)N(C(=O)OC(C)(C)C)CC12. The molecule has 1 N–H and O–H groups in total. The first-order valence-electron chi connectivity index (χ1n) is 6.44. The van der Waals surface area contributed by atoms with Gasteiger partial charge in [-0.2, -0.15) is 0 Å². The van der Waals surface area contributed by atoms with Crippen molar-refractivity contribution in [3.8, 4) is 0 Å². The van der Waals surface area contributed by atoms with Gasteiger partial charge in [-0.25, -0.2) is 4.79 Å². The van der Waals surface area contributed by atoms with Crippen molar-refractivity contribution in [3.05, 3.63) is 0 Å². The van der Waals surface area contributed by atoms with E-state index in [9.17, 15) is 9.90 Å². The standard InChI is InChI=1S/C13H23NO3/c1-8-10-5-9(7-15)14(6-11(8)10)12(16)17-13(2,3)4/h8-11,15H,5-7H2,1-4H3. The Morgan fingerprint density at radius 1 is 1.41 bits per heavy atom. The Balaban J connectivity index is 2.00. The van der Waals surface area contributed by atoms with Crippen LogP contribution in [0.4, 0.5) is 4.79 Å². The van der Waals surface area contributed by atoms with Gasteiger partial charge in [0, 0.05) is 6.54 Å². The van der Waals surface area contributed by atoms with Crippen molar-refractivity contribution in [3.63, 3.8) is 0 Å². The van der Waals surface area contributed by atoms with Crippen LogP contribution in [0.5, 0.6) is 0 Å². The first kappa shape index (κ1) is 12.7. The highest BCUT2D eigenvalue weighted by molar-refractivity contribution is 5.69. The zero-order valence-corrected chi connectivity index (χ0v) is 11.1. The van der Waals surface area contributed by atoms with Gasteiger partial charge in [0.1, 0.15) is 5.60 Å². The third-order valence-corrected chi connectivity index (χ3v) is 3.99. The number of hydrogen-bond acceptors (Lipinski definition) is 3. The Bertz CT molecular complexity index is 310. The average molecular weight is 241 g/mol. The van der Waals surface area contributed by atoms with E-state index in [-0.39, 0.29) is 18.7 Å². The van der Waals surface area contributed by atoms with Crippen LogP contribution in [-0.4, -0.2) is 40.9 Å². The molecule has 0 bridgehead atoms. The van der Waals surface area contributed by atoms with E-state index in [0.29, 0.717) is 17.8 Å². The number of rotatable bonds is 1. The number of fused-ring (bicyclic) bond motifs is 1. The summed E-state index contributed by atoms with van der Waals surface area (Å²) < 4.78 is 5.39. The van der Waals surface area contributed by atoms with E-state index in [1.165, 1.54) is 0 Å². The summed E-state index contributed by atoms with van der Waals surface area (Å²) in [6.07, 6.45) is 0.635. The first-order valence-corrected chi connectivity index (χ1v) is 6.44. The van der Waals surface area contributed by atoms with Crippen molar-refractivity contribution in [2.24, 2.45) is 17.8 Å². The fraction of sp³-hybridized carbons (Fsp3) is 0.923. The minimum absolute atomic E-state index is 0.0369. The fourth-order valence-corrected chi connectivity index (χ4v) is 2.86. The molecule has 4 unspecified atom stereocenters. The highest BCUT2D eigenvalue weighted by atomic mass is 16.6. The van der Waals surface area contributed by atoms with Gasteiger partial charge in [0.2, 0.25) is 0 Å². The molecule has 4 heteroatoms. The van der Waals surface area contributed by atoms with Crippen molar-refractivity contribution >= 4 is 6.09 Å². The topological polar surface area (TPSA) is 49.8 Å². The molecule has 98 valence electrons. The third kappa shape index (κ3) is 2.57. The number of carbonyl (C=O) groups excluding carboxylic acids is 1. The summed E-state index contributed by atoms with van der Waals surface area (Å²) in [5, 5.41) is 9.38. The molecule has 1 saturated carbocycles. The second-order valence-corrected chi connectivity index (χ2v) is 6.39. The van der Waals surface area contributed by atoms with Crippen LogP contribution in [0.2, 0.25) is 0 Å². The molecule has 4 atom stereocenters. The minimum atomic E-state index is -0.469. The highest BCUT2D eigenvalue weighted by Gasteiger charge is 2.53. The Hall–Kier alpha value is -0.770. The van der Waals surface area contributed by atoms with E-state index < -0.39 is 5.60 Å². The maximum absolute atomic E-state index is 12.0. The van der Waals surface area contributed by atoms with E-state index >= 15 is 0 Å². The molecular weight excluding hydrogens is 218 g/mol. The minimum Gasteiger partial charge on any atom is -0.444 e. The van der Waals surface area contributed by atoms with Crippen molar-refractivity contribution in [2.75, 3.05) is 13.2 Å². The van der Waals surface area contributed by atoms with Crippen molar-refractivity contribution < 1.29 is 14.6 Å². The average Bonchev–Trinajstić information content (AvgIpc) is 2.85. The smallest absolute Gasteiger partial charge is 0.410 e. The first-order chi connectivity index (χ1) is 7.83. The zero-order chi connectivity index (χ0) is 12.8. The molecule has 0 aromatic heterocycles. The Kier molecular flexibility index (Phi) is 3.10. The predicted molar refractivity (Wildman–Crippen MR) is 64.6 cm³/mol. The lowest BCUT2D eigenvalue weighted by molar-refractivity contribution is 0.000434. The van der Waals surface area contributed by atoms with E-state index in [2.05, 4.69) is 6.92 Å². The number of ether oxygens (including phenoxy) is 1. The molecule has 4 nitrogen and oxygen atoms in total. The van der Waals surface area contributed by atoms with Crippen molar-refractivity contribution in [2.45, 2.75) is 45.8 Å². The van der Waals surface area contributed by atoms with Crippen LogP contribution in [0.15, 0.2) is 0 Å². The van der Waals surface area contributed by atoms with Gasteiger partial charge in [-0.15, -0.1) is 0 Å². The quantitative estimate of drug-likeness (QED) is 0.762. The van der Waals surface area contributed by atoms with Crippen molar-refractivity contribution in [1.29, 1.82) is 0 Å². The van der Waals surface area contributed by atoms with Crippen molar-refractivity contribution in [1.82, 2.24) is 4.90 Å². The van der Waals surface area contributed by atoms with E-state index in [1.54, 1.807) is 4.90 Å². The van der Waals surface area contributed by atoms with Gasteiger partial charge >= 0.3 is 6.09 Å². The summed E-state index contributed by atoms with van der Waals surface area (Å²) >= 11 is 0. The number of likely N-dealkylation sites (tertiary alicyclic amines) is 1. The Labute approximate surface area is 103 Å². The number of nitrogens with zero attached hydrogens (tertiary/aromatic N) is 1. The van der Waals surface area contributed by atoms with Crippen LogP contribution in [0.25, 0.3) is 0 Å². The van der Waals surface area contributed by atoms with Crippen LogP contribution >= 0.6 is 0 Å². The maximum atomic E-state index is 12.0. The second-order valence-electron chi connectivity index (χ2n) is 6.39. The molecule has 0 aromatic rings. The summed E-state index contributed by atoms with van der Waals surface area (Å²) in [5.41, 5.74) is -0.469. The monoisotopic (exact) mass is 241 g/mol. The summed E-state index contributed by atoms with van der Waals surface area (Å²) in [5.74, 6) is 2.01. The number of piperidine rings is 1. The Morgan fingerprint density at radius 3 is 2.59 bits per heavy atom. The van der Waals surface area contributed by atoms with Gasteiger partial charge in [-0.1, -0.05) is 6.92 Å². The van der Waals surface area contributed by atoms with Gasteiger partial charge in [-0.05, 0) is 44.9 Å². The number of carbonyl (C=O) groups is 1. The van der Waals surface area contributed by atoms with E-state index in [1.807, 2.05) is 20.8 Å². The van der Waals surface area contributed by atoms with Gasteiger partial charge in [0.05, 0.1) is 12.6 Å². The number of aliphatic hydroxyl groups excluding tert-OH is 1. The Morgan fingerprint density at radius 2 is 2.06 bits per heavy atom. The molecule has 2 aliphatic rings. The molecule has 1 aliphatic heterocycles. The van der Waals surface area contributed by atoms with E-state index in [0.717, 1.165) is 13.0 Å². The largest absolute Gasteiger partial charge is 0.444 e. The maximum Gasteiger partial charge on any atom is 0.410 e.